The molecule has 1 aliphatic heterocycles. The van der Waals surface area contributed by atoms with E-state index in [9.17, 15) is 14.0 Å². The summed E-state index contributed by atoms with van der Waals surface area (Å²) in [5, 5.41) is 3.80. The zero-order chi connectivity index (χ0) is 17.1. The van der Waals surface area contributed by atoms with Gasteiger partial charge in [0.15, 0.2) is 0 Å². The molecule has 0 saturated heterocycles. The molecule has 1 aromatic rings. The van der Waals surface area contributed by atoms with Crippen molar-refractivity contribution in [3.63, 3.8) is 0 Å². The van der Waals surface area contributed by atoms with Gasteiger partial charge in [0, 0.05) is 18.2 Å². The lowest BCUT2D eigenvalue weighted by Gasteiger charge is -2.29. The molecule has 7 heteroatoms. The van der Waals surface area contributed by atoms with Gasteiger partial charge in [-0.15, -0.1) is 0 Å². The van der Waals surface area contributed by atoms with E-state index in [1.165, 1.54) is 37.3 Å². The lowest BCUT2D eigenvalue weighted by atomic mass is 9.93. The maximum atomic E-state index is 13.9. The maximum Gasteiger partial charge on any atom is 0.354 e. The van der Waals surface area contributed by atoms with Crippen LogP contribution in [0, 0.1) is 5.82 Å². The Morgan fingerprint density at radius 1 is 1.35 bits per heavy atom. The molecular weight excluding hydrogens is 303 g/mol. The molecular formula is C16H15FN2O4. The Morgan fingerprint density at radius 2 is 2.04 bits per heavy atom. The average molecular weight is 318 g/mol. The molecule has 0 saturated carbocycles. The molecule has 1 aliphatic rings. The summed E-state index contributed by atoms with van der Waals surface area (Å²) < 4.78 is 18.7. The Kier molecular flexibility index (Phi) is 4.62. The lowest BCUT2D eigenvalue weighted by Crippen LogP contribution is -2.29. The summed E-state index contributed by atoms with van der Waals surface area (Å²) in [5.41, 5.74) is 1.75. The van der Waals surface area contributed by atoms with Gasteiger partial charge in [-0.1, -0.05) is 5.16 Å². The van der Waals surface area contributed by atoms with Crippen molar-refractivity contribution < 1.29 is 23.6 Å². The van der Waals surface area contributed by atoms with Crippen molar-refractivity contribution in [3.8, 4) is 0 Å². The first-order chi connectivity index (χ1) is 10.9. The van der Waals surface area contributed by atoms with E-state index in [1.54, 1.807) is 19.9 Å². The van der Waals surface area contributed by atoms with Gasteiger partial charge in [-0.05, 0) is 25.1 Å². The number of allylic oxidation sites excluding steroid dienone is 2. The van der Waals surface area contributed by atoms with Crippen LogP contribution in [0.4, 0.5) is 10.1 Å². The summed E-state index contributed by atoms with van der Waals surface area (Å²) in [5.74, 6) is 0.569. The highest BCUT2D eigenvalue weighted by atomic mass is 19.1. The second kappa shape index (κ2) is 6.46. The number of likely N-dealkylation sites (N-methyl/N-ethyl adjacent to an activating group) is 1. The number of methoxy groups -OCH3 is 1. The largest absolute Gasteiger partial charge is 0.464 e. The number of halogens is 1. The number of oxime groups is 1. The van der Waals surface area contributed by atoms with Crippen molar-refractivity contribution in [1.82, 2.24) is 0 Å². The van der Waals surface area contributed by atoms with Crippen LogP contribution in [-0.2, 0) is 19.2 Å². The molecule has 0 radical (unpaired) electrons. The third kappa shape index (κ3) is 2.86. The molecule has 120 valence electrons. The van der Waals surface area contributed by atoms with Crippen molar-refractivity contribution in [2.24, 2.45) is 5.16 Å². The van der Waals surface area contributed by atoms with Gasteiger partial charge in [0.05, 0.1) is 24.1 Å². The second-order valence-corrected chi connectivity index (χ2v) is 4.80. The summed E-state index contributed by atoms with van der Waals surface area (Å²) in [4.78, 5) is 29.4. The summed E-state index contributed by atoms with van der Waals surface area (Å²) >= 11 is 0. The smallest absolute Gasteiger partial charge is 0.354 e. The van der Waals surface area contributed by atoms with E-state index in [-0.39, 0.29) is 11.3 Å². The number of nitrogens with zero attached hydrogens (tertiary/aromatic N) is 2. The normalized spacial score (nSPS) is 14.0. The number of hydrogen-bond acceptors (Lipinski definition) is 6. The fourth-order valence-electron chi connectivity index (χ4n) is 2.44. The lowest BCUT2D eigenvalue weighted by molar-refractivity contribution is -0.136. The predicted molar refractivity (Wildman–Crippen MR) is 83.2 cm³/mol. The van der Waals surface area contributed by atoms with Crippen LogP contribution >= 0.6 is 0 Å². The molecule has 0 spiro atoms. The zero-order valence-corrected chi connectivity index (χ0v) is 13.1. The van der Waals surface area contributed by atoms with Crippen molar-refractivity contribution >= 4 is 28.9 Å². The molecule has 2 rings (SSSR count). The topological polar surface area (TPSA) is 68.2 Å². The Hall–Kier alpha value is -2.92. The first-order valence-corrected chi connectivity index (χ1v) is 6.65. The van der Waals surface area contributed by atoms with Crippen molar-refractivity contribution in [2.75, 3.05) is 26.2 Å². The Bertz CT molecular complexity index is 777. The number of carbonyl (C=O) groups excluding carboxylic acids is 2. The van der Waals surface area contributed by atoms with Crippen LogP contribution in [0.2, 0.25) is 0 Å². The molecule has 1 aromatic carbocycles. The summed E-state index contributed by atoms with van der Waals surface area (Å²) in [6, 6.07) is 2.47. The highest BCUT2D eigenvalue weighted by molar-refractivity contribution is 6.13. The Balaban J connectivity index is 2.79. The number of ether oxygens (including phenoxy) is 1. The van der Waals surface area contributed by atoms with Gasteiger partial charge in [-0.25, -0.2) is 14.0 Å². The minimum atomic E-state index is -0.623. The average Bonchev–Trinajstić information content (AvgIpc) is 2.54. The van der Waals surface area contributed by atoms with Crippen LogP contribution in [0.1, 0.15) is 18.1 Å². The molecule has 0 aliphatic carbocycles. The van der Waals surface area contributed by atoms with Gasteiger partial charge in [-0.3, -0.25) is 0 Å². The second-order valence-electron chi connectivity index (χ2n) is 4.80. The molecule has 0 N–H and O–H groups in total. The highest BCUT2D eigenvalue weighted by Crippen LogP contribution is 2.38. The van der Waals surface area contributed by atoms with E-state index in [0.717, 1.165) is 0 Å². The summed E-state index contributed by atoms with van der Waals surface area (Å²) in [7, 11) is 4.22. The van der Waals surface area contributed by atoms with Crippen LogP contribution in [0.15, 0.2) is 29.1 Å². The van der Waals surface area contributed by atoms with Gasteiger partial charge in [-0.2, -0.15) is 0 Å². The first kappa shape index (κ1) is 16.5. The monoisotopic (exact) mass is 318 g/mol. The van der Waals surface area contributed by atoms with Crippen LogP contribution in [0.5, 0.6) is 0 Å². The summed E-state index contributed by atoms with van der Waals surface area (Å²) in [6.07, 6.45) is 1.31. The quantitative estimate of drug-likeness (QED) is 0.369. The molecule has 6 nitrogen and oxygen atoms in total. The molecule has 0 bridgehead atoms. The molecule has 1 heterocycles. The number of carbonyl (C=O) groups is 1. The van der Waals surface area contributed by atoms with Gasteiger partial charge < -0.3 is 14.5 Å². The molecule has 0 aromatic heterocycles. The van der Waals surface area contributed by atoms with Crippen LogP contribution in [0.3, 0.4) is 0 Å². The highest BCUT2D eigenvalue weighted by Gasteiger charge is 2.29. The van der Waals surface area contributed by atoms with Crippen LogP contribution < -0.4 is 4.90 Å². The molecule has 0 atom stereocenters. The van der Waals surface area contributed by atoms with E-state index in [4.69, 9.17) is 9.57 Å². The van der Waals surface area contributed by atoms with E-state index in [0.29, 0.717) is 22.5 Å². The molecule has 0 unspecified atom stereocenters. The van der Waals surface area contributed by atoms with Crippen LogP contribution in [0.25, 0.3) is 5.57 Å². The third-order valence-electron chi connectivity index (χ3n) is 3.47. The van der Waals surface area contributed by atoms with E-state index in [2.05, 4.69) is 5.16 Å². The van der Waals surface area contributed by atoms with E-state index in [1.807, 2.05) is 0 Å². The summed E-state index contributed by atoms with van der Waals surface area (Å²) in [6.45, 7) is 1.63. The minimum absolute atomic E-state index is 0.0597. The number of rotatable bonds is 3. The third-order valence-corrected chi connectivity index (χ3v) is 3.47. The molecule has 0 fully saturated rings. The molecule has 23 heavy (non-hydrogen) atoms. The standard InChI is InChI=1S/C16H15FN2O4/c1-9(18-23-4)12-6-11(17)7-13-10(8-20)5-14(16(21)22-3)19(2)15(12)13/h5-7H,1-4H3/b18-9-. The number of fused-ring (bicyclic) bond motifs is 1. The van der Waals surface area contributed by atoms with Crippen molar-refractivity contribution in [1.29, 1.82) is 0 Å². The van der Waals surface area contributed by atoms with Crippen molar-refractivity contribution in [2.45, 2.75) is 6.92 Å². The minimum Gasteiger partial charge on any atom is -0.464 e. The van der Waals surface area contributed by atoms with E-state index < -0.39 is 11.8 Å². The van der Waals surface area contributed by atoms with Gasteiger partial charge in [0.1, 0.15) is 24.6 Å². The predicted octanol–water partition coefficient (Wildman–Crippen LogP) is 1.92. The Labute approximate surface area is 132 Å². The van der Waals surface area contributed by atoms with E-state index >= 15 is 0 Å². The van der Waals surface area contributed by atoms with Gasteiger partial charge in [0.25, 0.3) is 0 Å². The maximum absolute atomic E-state index is 13.9. The first-order valence-electron chi connectivity index (χ1n) is 6.65. The number of anilines is 1. The molecule has 0 amide bonds. The number of esters is 1. The Morgan fingerprint density at radius 3 is 2.61 bits per heavy atom. The SMILES string of the molecule is CO/N=C(/C)c1cc(F)cc2c1N(C)C(C(=O)OC)=CC2=C=O. The zero-order valence-electron chi connectivity index (χ0n) is 13.1. The number of benzene rings is 1. The van der Waals surface area contributed by atoms with Crippen LogP contribution in [-0.4, -0.2) is 38.9 Å². The van der Waals surface area contributed by atoms with Crippen molar-refractivity contribution in [3.05, 3.63) is 40.8 Å². The fourth-order valence-corrected chi connectivity index (χ4v) is 2.44. The fraction of sp³-hybridized carbons (Fsp3) is 0.250. The van der Waals surface area contributed by atoms with Gasteiger partial charge in [0.2, 0.25) is 0 Å². The number of hydrogen-bond donors (Lipinski definition) is 0. The van der Waals surface area contributed by atoms with Gasteiger partial charge >= 0.3 is 5.97 Å².